The summed E-state index contributed by atoms with van der Waals surface area (Å²) in [5.74, 6) is -1.96. The van der Waals surface area contributed by atoms with E-state index in [4.69, 9.17) is 5.11 Å². The summed E-state index contributed by atoms with van der Waals surface area (Å²) in [6.45, 7) is 1.22. The third kappa shape index (κ3) is 3.61. The van der Waals surface area contributed by atoms with Crippen molar-refractivity contribution in [2.24, 2.45) is 0 Å². The average molecular weight is 274 g/mol. The van der Waals surface area contributed by atoms with E-state index < -0.39 is 11.8 Å². The van der Waals surface area contributed by atoms with Crippen LogP contribution in [0.3, 0.4) is 0 Å². The van der Waals surface area contributed by atoms with Gasteiger partial charge in [-0.05, 0) is 36.4 Å². The van der Waals surface area contributed by atoms with Gasteiger partial charge in [0.1, 0.15) is 5.82 Å². The summed E-state index contributed by atoms with van der Waals surface area (Å²) in [5.41, 5.74) is 1.50. The van der Waals surface area contributed by atoms with Crippen molar-refractivity contribution in [2.75, 3.05) is 7.05 Å². The summed E-state index contributed by atoms with van der Waals surface area (Å²) in [7, 11) is 1.91. The van der Waals surface area contributed by atoms with Gasteiger partial charge in [0, 0.05) is 25.5 Å². The lowest BCUT2D eigenvalue weighted by molar-refractivity contribution is 0.0692. The predicted molar refractivity (Wildman–Crippen MR) is 72.8 cm³/mol. The molecule has 0 aliphatic heterocycles. The summed E-state index contributed by atoms with van der Waals surface area (Å²) < 4.78 is 13.6. The third-order valence-electron chi connectivity index (χ3n) is 2.89. The topological polar surface area (TPSA) is 53.4 Å². The van der Waals surface area contributed by atoms with Gasteiger partial charge in [0.15, 0.2) is 0 Å². The molecular weight excluding hydrogens is 259 g/mol. The molecular formula is C15H15FN2O2. The summed E-state index contributed by atoms with van der Waals surface area (Å²) >= 11 is 0. The van der Waals surface area contributed by atoms with Crippen LogP contribution in [0.4, 0.5) is 4.39 Å². The van der Waals surface area contributed by atoms with Gasteiger partial charge in [0.2, 0.25) is 0 Å². The molecule has 4 nitrogen and oxygen atoms in total. The van der Waals surface area contributed by atoms with Crippen LogP contribution in [0.2, 0.25) is 0 Å². The zero-order valence-corrected chi connectivity index (χ0v) is 11.1. The van der Waals surface area contributed by atoms with Gasteiger partial charge in [-0.2, -0.15) is 0 Å². The first kappa shape index (κ1) is 14.1. The highest BCUT2D eigenvalue weighted by atomic mass is 19.1. The Morgan fingerprint density at radius 3 is 2.65 bits per heavy atom. The Kier molecular flexibility index (Phi) is 4.42. The highest BCUT2D eigenvalue weighted by Crippen LogP contribution is 2.13. The second-order valence-electron chi connectivity index (χ2n) is 4.65. The minimum Gasteiger partial charge on any atom is -0.478 e. The van der Waals surface area contributed by atoms with Gasteiger partial charge in [0.25, 0.3) is 0 Å². The fourth-order valence-corrected chi connectivity index (χ4v) is 2.00. The largest absolute Gasteiger partial charge is 0.478 e. The maximum absolute atomic E-state index is 13.6. The van der Waals surface area contributed by atoms with Gasteiger partial charge in [-0.1, -0.05) is 12.1 Å². The van der Waals surface area contributed by atoms with Crippen LogP contribution >= 0.6 is 0 Å². The Balaban J connectivity index is 2.03. The Morgan fingerprint density at radius 1 is 1.30 bits per heavy atom. The maximum Gasteiger partial charge on any atom is 0.338 e. The molecule has 0 atom stereocenters. The molecule has 1 aromatic carbocycles. The quantitative estimate of drug-likeness (QED) is 0.910. The fraction of sp³-hybridized carbons (Fsp3) is 0.200. The van der Waals surface area contributed by atoms with E-state index in [1.165, 1.54) is 12.1 Å². The smallest absolute Gasteiger partial charge is 0.338 e. The number of hydrogen-bond donors (Lipinski definition) is 1. The molecule has 0 aliphatic rings. The van der Waals surface area contributed by atoms with E-state index in [0.29, 0.717) is 13.1 Å². The van der Waals surface area contributed by atoms with Crippen molar-refractivity contribution in [1.82, 2.24) is 9.88 Å². The van der Waals surface area contributed by atoms with E-state index in [9.17, 15) is 9.18 Å². The molecule has 1 aromatic heterocycles. The van der Waals surface area contributed by atoms with Crippen molar-refractivity contribution in [2.45, 2.75) is 13.1 Å². The second-order valence-corrected chi connectivity index (χ2v) is 4.65. The Labute approximate surface area is 116 Å². The normalized spacial score (nSPS) is 10.8. The van der Waals surface area contributed by atoms with E-state index >= 15 is 0 Å². The molecule has 0 bridgehead atoms. The van der Waals surface area contributed by atoms with E-state index in [2.05, 4.69) is 4.98 Å². The van der Waals surface area contributed by atoms with Crippen molar-refractivity contribution < 1.29 is 14.3 Å². The number of carboxylic acid groups (broad SMARTS) is 1. The monoisotopic (exact) mass is 274 g/mol. The Bertz CT molecular complexity index is 602. The van der Waals surface area contributed by atoms with Crippen molar-refractivity contribution in [3.63, 3.8) is 0 Å². The van der Waals surface area contributed by atoms with E-state index in [0.717, 1.165) is 11.1 Å². The lowest BCUT2D eigenvalue weighted by Crippen LogP contribution is -2.17. The maximum atomic E-state index is 13.6. The van der Waals surface area contributed by atoms with Crippen molar-refractivity contribution >= 4 is 5.97 Å². The van der Waals surface area contributed by atoms with Gasteiger partial charge >= 0.3 is 5.97 Å². The van der Waals surface area contributed by atoms with E-state index in [1.54, 1.807) is 18.5 Å². The first-order chi connectivity index (χ1) is 9.56. The molecule has 0 fully saturated rings. The highest BCUT2D eigenvalue weighted by molar-refractivity contribution is 5.87. The summed E-state index contributed by atoms with van der Waals surface area (Å²) in [6.07, 6.45) is 3.49. The standard InChI is InChI=1S/C15H15FN2O2/c1-18(10-12-3-2-6-17-8-12)9-11-4-5-13(15(19)20)14(16)7-11/h2-8H,9-10H2,1H3,(H,19,20). The van der Waals surface area contributed by atoms with Gasteiger partial charge in [0.05, 0.1) is 5.56 Å². The SMILES string of the molecule is CN(Cc1cccnc1)Cc1ccc(C(=O)O)c(F)c1. The number of nitrogens with zero attached hydrogens (tertiary/aromatic N) is 2. The molecule has 0 radical (unpaired) electrons. The van der Waals surface area contributed by atoms with E-state index in [-0.39, 0.29) is 5.56 Å². The molecule has 5 heteroatoms. The van der Waals surface area contributed by atoms with Gasteiger partial charge in [-0.25, -0.2) is 9.18 Å². The zero-order chi connectivity index (χ0) is 14.5. The average Bonchev–Trinajstić information content (AvgIpc) is 2.39. The molecule has 20 heavy (non-hydrogen) atoms. The Morgan fingerprint density at radius 2 is 2.05 bits per heavy atom. The minimum absolute atomic E-state index is 0.302. The number of carbonyl (C=O) groups is 1. The molecule has 1 heterocycles. The highest BCUT2D eigenvalue weighted by Gasteiger charge is 2.11. The molecule has 2 rings (SSSR count). The molecule has 0 saturated carbocycles. The lowest BCUT2D eigenvalue weighted by atomic mass is 10.1. The summed E-state index contributed by atoms with van der Waals surface area (Å²) in [4.78, 5) is 16.8. The number of benzene rings is 1. The number of halogens is 1. The van der Waals surface area contributed by atoms with Crippen LogP contribution < -0.4 is 0 Å². The van der Waals surface area contributed by atoms with E-state index in [1.807, 2.05) is 24.1 Å². The fourth-order valence-electron chi connectivity index (χ4n) is 2.00. The van der Waals surface area contributed by atoms with Gasteiger partial charge in [-0.15, -0.1) is 0 Å². The molecule has 0 saturated heterocycles. The lowest BCUT2D eigenvalue weighted by Gasteiger charge is -2.16. The van der Waals surface area contributed by atoms with Crippen molar-refractivity contribution in [1.29, 1.82) is 0 Å². The first-order valence-electron chi connectivity index (χ1n) is 6.15. The number of hydrogen-bond acceptors (Lipinski definition) is 3. The zero-order valence-electron chi connectivity index (χ0n) is 11.1. The number of aromatic carboxylic acids is 1. The van der Waals surface area contributed by atoms with Crippen LogP contribution in [-0.4, -0.2) is 28.0 Å². The summed E-state index contributed by atoms with van der Waals surface area (Å²) in [6, 6.07) is 8.03. The minimum atomic E-state index is -1.25. The number of pyridine rings is 1. The van der Waals surface area contributed by atoms with Crippen molar-refractivity contribution in [3.05, 3.63) is 65.2 Å². The predicted octanol–water partition coefficient (Wildman–Crippen LogP) is 2.55. The molecule has 1 N–H and O–H groups in total. The summed E-state index contributed by atoms with van der Waals surface area (Å²) in [5, 5.41) is 8.78. The third-order valence-corrected chi connectivity index (χ3v) is 2.89. The number of carboxylic acids is 1. The van der Waals surface area contributed by atoms with Crippen molar-refractivity contribution in [3.8, 4) is 0 Å². The number of aromatic nitrogens is 1. The first-order valence-corrected chi connectivity index (χ1v) is 6.15. The van der Waals surface area contributed by atoms with Crippen LogP contribution in [0.5, 0.6) is 0 Å². The van der Waals surface area contributed by atoms with Gasteiger partial charge < -0.3 is 5.11 Å². The van der Waals surface area contributed by atoms with Crippen LogP contribution in [-0.2, 0) is 13.1 Å². The molecule has 0 aliphatic carbocycles. The molecule has 0 spiro atoms. The molecule has 2 aromatic rings. The molecule has 0 amide bonds. The van der Waals surface area contributed by atoms with Crippen LogP contribution in [0, 0.1) is 5.82 Å². The second kappa shape index (κ2) is 6.25. The van der Waals surface area contributed by atoms with Gasteiger partial charge in [-0.3, -0.25) is 9.88 Å². The number of rotatable bonds is 5. The Hall–Kier alpha value is -2.27. The van der Waals surface area contributed by atoms with Crippen LogP contribution in [0.25, 0.3) is 0 Å². The van der Waals surface area contributed by atoms with Crippen LogP contribution in [0.1, 0.15) is 21.5 Å². The molecule has 104 valence electrons. The molecule has 0 unspecified atom stereocenters. The van der Waals surface area contributed by atoms with Crippen LogP contribution in [0.15, 0.2) is 42.7 Å².